The fourth-order valence-corrected chi connectivity index (χ4v) is 2.30. The highest BCUT2D eigenvalue weighted by Crippen LogP contribution is 2.23. The number of nitrogens with one attached hydrogen (secondary N) is 1. The molecule has 0 aromatic heterocycles. The Kier molecular flexibility index (Phi) is 6.59. The van der Waals surface area contributed by atoms with Gasteiger partial charge >= 0.3 is 6.09 Å². The van der Waals surface area contributed by atoms with E-state index in [1.807, 2.05) is 58.9 Å². The fraction of sp³-hybridized carbons (Fsp3) is 0.556. The molecule has 1 aromatic carbocycles. The number of azide groups is 1. The van der Waals surface area contributed by atoms with Crippen LogP contribution in [0.4, 0.5) is 4.79 Å². The third kappa shape index (κ3) is 6.85. The number of ether oxygens (including phenoxy) is 1. The summed E-state index contributed by atoms with van der Waals surface area (Å²) in [5.74, 6) is -0.896. The first kappa shape index (κ1) is 20.5. The van der Waals surface area contributed by atoms with E-state index in [1.165, 1.54) is 0 Å². The SMILES string of the molecule is CC(Cc1cccc(C(C)(C)NC(=O)OC(C)(C)C)c1)C(=O)N=[N+]=[N-]. The molecule has 0 aliphatic heterocycles. The Bertz CT molecular complexity index is 686. The summed E-state index contributed by atoms with van der Waals surface area (Å²) in [5, 5.41) is 5.99. The molecule has 0 heterocycles. The van der Waals surface area contributed by atoms with Gasteiger partial charge in [0.05, 0.1) is 5.54 Å². The molecule has 25 heavy (non-hydrogen) atoms. The molecule has 1 aromatic rings. The lowest BCUT2D eigenvalue weighted by molar-refractivity contribution is -0.121. The summed E-state index contributed by atoms with van der Waals surface area (Å²) in [4.78, 5) is 26.2. The largest absolute Gasteiger partial charge is 0.444 e. The van der Waals surface area contributed by atoms with Crippen LogP contribution < -0.4 is 5.32 Å². The first-order chi connectivity index (χ1) is 11.4. The number of rotatable bonds is 5. The average molecular weight is 346 g/mol. The number of carbonyl (C=O) groups is 2. The second-order valence-electron chi connectivity index (χ2n) is 7.59. The lowest BCUT2D eigenvalue weighted by Crippen LogP contribution is -2.43. The van der Waals surface area contributed by atoms with Gasteiger partial charge in [-0.1, -0.05) is 31.2 Å². The molecule has 1 atom stereocenters. The van der Waals surface area contributed by atoms with Crippen LogP contribution in [-0.4, -0.2) is 17.6 Å². The van der Waals surface area contributed by atoms with E-state index in [0.29, 0.717) is 6.42 Å². The maximum atomic E-state index is 12.0. The lowest BCUT2D eigenvalue weighted by atomic mass is 9.90. The van der Waals surface area contributed by atoms with Gasteiger partial charge in [-0.25, -0.2) is 4.79 Å². The minimum atomic E-state index is -0.642. The van der Waals surface area contributed by atoms with E-state index in [2.05, 4.69) is 15.3 Å². The highest BCUT2D eigenvalue weighted by Gasteiger charge is 2.26. The van der Waals surface area contributed by atoms with Gasteiger partial charge < -0.3 is 10.1 Å². The van der Waals surface area contributed by atoms with Crippen molar-refractivity contribution in [2.45, 2.75) is 59.1 Å². The fourth-order valence-electron chi connectivity index (χ4n) is 2.30. The van der Waals surface area contributed by atoms with Crippen molar-refractivity contribution < 1.29 is 14.3 Å². The molecule has 1 rings (SSSR count). The molecule has 0 fully saturated rings. The third-order valence-electron chi connectivity index (χ3n) is 3.57. The standard InChI is InChI=1S/C18H26N4O3/c1-12(15(23)21-22-19)10-13-8-7-9-14(11-13)18(5,6)20-16(24)25-17(2,3)4/h7-9,11-12H,10H2,1-6H3,(H,20,24). The van der Waals surface area contributed by atoms with Gasteiger partial charge in [0.25, 0.3) is 0 Å². The molecular formula is C18H26N4O3. The van der Waals surface area contributed by atoms with E-state index in [-0.39, 0.29) is 0 Å². The Morgan fingerprint density at radius 1 is 1.28 bits per heavy atom. The zero-order chi connectivity index (χ0) is 19.3. The van der Waals surface area contributed by atoms with Gasteiger partial charge in [-0.3, -0.25) is 4.79 Å². The summed E-state index contributed by atoms with van der Waals surface area (Å²) in [7, 11) is 0. The van der Waals surface area contributed by atoms with Crippen molar-refractivity contribution in [1.29, 1.82) is 0 Å². The molecule has 0 bridgehead atoms. The zero-order valence-electron chi connectivity index (χ0n) is 15.7. The van der Waals surface area contributed by atoms with Crippen LogP contribution in [0.3, 0.4) is 0 Å². The Morgan fingerprint density at radius 3 is 2.48 bits per heavy atom. The predicted molar refractivity (Wildman–Crippen MR) is 95.9 cm³/mol. The Balaban J connectivity index is 2.89. The number of hydrogen-bond donors (Lipinski definition) is 1. The van der Waals surface area contributed by atoms with Crippen LogP contribution in [0, 0.1) is 5.92 Å². The Hall–Kier alpha value is -2.53. The second kappa shape index (κ2) is 8.03. The van der Waals surface area contributed by atoms with Crippen LogP contribution in [0.5, 0.6) is 0 Å². The minimum absolute atomic E-state index is 0.409. The van der Waals surface area contributed by atoms with Gasteiger partial charge in [0.15, 0.2) is 0 Å². The van der Waals surface area contributed by atoms with Crippen LogP contribution in [0.15, 0.2) is 29.4 Å². The van der Waals surface area contributed by atoms with Crippen molar-refractivity contribution in [3.8, 4) is 0 Å². The summed E-state index contributed by atoms with van der Waals surface area (Å²) in [5.41, 5.74) is 8.95. The number of carbonyl (C=O) groups excluding carboxylic acids is 2. The van der Waals surface area contributed by atoms with Crippen molar-refractivity contribution in [3.63, 3.8) is 0 Å². The van der Waals surface area contributed by atoms with Crippen molar-refractivity contribution in [3.05, 3.63) is 45.8 Å². The first-order valence-corrected chi connectivity index (χ1v) is 8.14. The van der Waals surface area contributed by atoms with E-state index in [0.717, 1.165) is 11.1 Å². The Labute approximate surface area is 148 Å². The van der Waals surface area contributed by atoms with Crippen LogP contribution in [-0.2, 0) is 21.5 Å². The summed E-state index contributed by atoms with van der Waals surface area (Å²) < 4.78 is 5.31. The van der Waals surface area contributed by atoms with Gasteiger partial charge in [-0.15, -0.1) is 0 Å². The molecule has 1 N–H and O–H groups in total. The highest BCUT2D eigenvalue weighted by molar-refractivity contribution is 5.79. The summed E-state index contributed by atoms with van der Waals surface area (Å²) in [6.45, 7) is 10.9. The molecule has 0 aliphatic carbocycles. The number of alkyl carbamates (subject to hydrolysis) is 1. The third-order valence-corrected chi connectivity index (χ3v) is 3.57. The number of nitrogens with zero attached hydrogens (tertiary/aromatic N) is 3. The van der Waals surface area contributed by atoms with Gasteiger partial charge in [0.1, 0.15) is 5.60 Å². The molecular weight excluding hydrogens is 320 g/mol. The van der Waals surface area contributed by atoms with Crippen molar-refractivity contribution >= 4 is 12.0 Å². The highest BCUT2D eigenvalue weighted by atomic mass is 16.6. The van der Waals surface area contributed by atoms with E-state index in [4.69, 9.17) is 10.3 Å². The summed E-state index contributed by atoms with van der Waals surface area (Å²) in [6.07, 6.45) is -0.0383. The Morgan fingerprint density at radius 2 is 1.92 bits per heavy atom. The molecule has 1 unspecified atom stereocenters. The van der Waals surface area contributed by atoms with E-state index in [9.17, 15) is 9.59 Å². The van der Waals surface area contributed by atoms with Crippen molar-refractivity contribution in [2.75, 3.05) is 0 Å². The van der Waals surface area contributed by atoms with Crippen LogP contribution >= 0.6 is 0 Å². The normalized spacial score (nSPS) is 12.7. The molecule has 136 valence electrons. The van der Waals surface area contributed by atoms with Crippen molar-refractivity contribution in [1.82, 2.24) is 5.32 Å². The van der Waals surface area contributed by atoms with E-state index >= 15 is 0 Å². The molecule has 7 nitrogen and oxygen atoms in total. The topological polar surface area (TPSA) is 104 Å². The number of benzene rings is 1. The number of hydrogen-bond acceptors (Lipinski definition) is 3. The van der Waals surface area contributed by atoms with E-state index < -0.39 is 29.1 Å². The predicted octanol–water partition coefficient (Wildman–Crippen LogP) is 4.46. The molecule has 0 aliphatic rings. The molecule has 0 saturated carbocycles. The molecule has 7 heteroatoms. The van der Waals surface area contributed by atoms with Gasteiger partial charge in [-0.2, -0.15) is 0 Å². The van der Waals surface area contributed by atoms with Crippen LogP contribution in [0.25, 0.3) is 10.4 Å². The van der Waals surface area contributed by atoms with E-state index in [1.54, 1.807) is 6.92 Å². The van der Waals surface area contributed by atoms with Crippen molar-refractivity contribution in [2.24, 2.45) is 11.0 Å². The quantitative estimate of drug-likeness (QED) is 0.483. The number of amides is 2. The zero-order valence-corrected chi connectivity index (χ0v) is 15.7. The molecule has 0 saturated heterocycles. The summed E-state index contributed by atoms with van der Waals surface area (Å²) >= 11 is 0. The van der Waals surface area contributed by atoms with Crippen LogP contribution in [0.2, 0.25) is 0 Å². The first-order valence-electron chi connectivity index (χ1n) is 8.14. The smallest absolute Gasteiger partial charge is 0.408 e. The second-order valence-corrected chi connectivity index (χ2v) is 7.59. The lowest BCUT2D eigenvalue weighted by Gasteiger charge is -2.29. The average Bonchev–Trinajstić information content (AvgIpc) is 2.45. The molecule has 2 amide bonds. The van der Waals surface area contributed by atoms with Gasteiger partial charge in [0, 0.05) is 10.8 Å². The molecule has 0 spiro atoms. The van der Waals surface area contributed by atoms with Gasteiger partial charge in [-0.05, 0) is 62.8 Å². The molecule has 0 radical (unpaired) electrons. The maximum absolute atomic E-state index is 12.0. The van der Waals surface area contributed by atoms with Gasteiger partial charge in [0.2, 0.25) is 5.91 Å². The monoisotopic (exact) mass is 346 g/mol. The summed E-state index contributed by atoms with van der Waals surface area (Å²) in [6, 6.07) is 7.60. The minimum Gasteiger partial charge on any atom is -0.444 e. The maximum Gasteiger partial charge on any atom is 0.408 e. The van der Waals surface area contributed by atoms with Crippen LogP contribution in [0.1, 0.15) is 52.7 Å².